The highest BCUT2D eigenvalue weighted by atomic mass is 15.2. The summed E-state index contributed by atoms with van der Waals surface area (Å²) >= 11 is 0. The van der Waals surface area contributed by atoms with Crippen molar-refractivity contribution >= 4 is 5.95 Å². The van der Waals surface area contributed by atoms with Crippen LogP contribution in [0.1, 0.15) is 40.7 Å². The van der Waals surface area contributed by atoms with E-state index in [0.717, 1.165) is 12.5 Å². The zero-order valence-electron chi connectivity index (χ0n) is 9.83. The number of nitrogens with one attached hydrogen (secondary N) is 1. The Balaban J connectivity index is 2.63. The van der Waals surface area contributed by atoms with Gasteiger partial charge in [-0.15, -0.1) is 0 Å². The lowest BCUT2D eigenvalue weighted by atomic mass is 9.97. The van der Waals surface area contributed by atoms with E-state index in [2.05, 4.69) is 49.5 Å². The molecular weight excluding hydrogens is 174 g/mol. The minimum Gasteiger partial charge on any atom is -0.355 e. The highest BCUT2D eigenvalue weighted by Gasteiger charge is 2.12. The van der Waals surface area contributed by atoms with E-state index >= 15 is 0 Å². The lowest BCUT2D eigenvalue weighted by Gasteiger charge is -2.20. The monoisotopic (exact) mass is 195 g/mol. The Bertz CT molecular complexity index is 281. The summed E-state index contributed by atoms with van der Waals surface area (Å²) < 4.78 is 2.14. The van der Waals surface area contributed by atoms with Gasteiger partial charge in [-0.1, -0.05) is 20.8 Å². The summed E-state index contributed by atoms with van der Waals surface area (Å²) in [6.07, 6.45) is 3.85. The van der Waals surface area contributed by atoms with Crippen LogP contribution in [0.15, 0.2) is 12.4 Å². The largest absolute Gasteiger partial charge is 0.355 e. The number of aromatic nitrogens is 2. The van der Waals surface area contributed by atoms with E-state index in [-0.39, 0.29) is 5.41 Å². The Kier molecular flexibility index (Phi) is 3.19. The van der Waals surface area contributed by atoms with Crippen molar-refractivity contribution in [3.05, 3.63) is 12.4 Å². The molecule has 0 aliphatic rings. The number of nitrogens with zero attached hydrogens (tertiary/aromatic N) is 2. The smallest absolute Gasteiger partial charge is 0.203 e. The standard InChI is InChI=1S/C11H21N3/c1-9(2)14-7-6-12-10(14)13-8-11(3,4)5/h6-7,9H,8H2,1-5H3,(H,12,13). The van der Waals surface area contributed by atoms with Gasteiger partial charge in [0.05, 0.1) is 0 Å². The molecule has 0 aliphatic carbocycles. The minimum absolute atomic E-state index is 0.285. The van der Waals surface area contributed by atoms with E-state index in [9.17, 15) is 0 Å². The second kappa shape index (κ2) is 4.03. The predicted molar refractivity (Wildman–Crippen MR) is 60.6 cm³/mol. The van der Waals surface area contributed by atoms with Crippen LogP contribution in [-0.4, -0.2) is 16.1 Å². The third-order valence-corrected chi connectivity index (χ3v) is 2.00. The molecule has 14 heavy (non-hydrogen) atoms. The summed E-state index contributed by atoms with van der Waals surface area (Å²) in [7, 11) is 0. The van der Waals surface area contributed by atoms with Crippen molar-refractivity contribution in [2.75, 3.05) is 11.9 Å². The van der Waals surface area contributed by atoms with Crippen molar-refractivity contribution in [3.63, 3.8) is 0 Å². The molecule has 0 saturated carbocycles. The molecule has 1 aromatic rings. The van der Waals surface area contributed by atoms with Crippen LogP contribution in [0.3, 0.4) is 0 Å². The molecule has 0 atom stereocenters. The van der Waals surface area contributed by atoms with Crippen molar-refractivity contribution in [2.45, 2.75) is 40.7 Å². The zero-order valence-corrected chi connectivity index (χ0v) is 9.83. The van der Waals surface area contributed by atoms with Gasteiger partial charge in [-0.05, 0) is 19.3 Å². The Hall–Kier alpha value is -0.990. The molecule has 80 valence electrons. The van der Waals surface area contributed by atoms with Gasteiger partial charge in [0, 0.05) is 25.0 Å². The number of rotatable bonds is 3. The predicted octanol–water partition coefficient (Wildman–Crippen LogP) is 2.92. The van der Waals surface area contributed by atoms with E-state index in [1.807, 2.05) is 12.4 Å². The van der Waals surface area contributed by atoms with Crippen LogP contribution >= 0.6 is 0 Å². The molecule has 0 bridgehead atoms. The van der Waals surface area contributed by atoms with Crippen molar-refractivity contribution in [2.24, 2.45) is 5.41 Å². The highest BCUT2D eigenvalue weighted by Crippen LogP contribution is 2.16. The van der Waals surface area contributed by atoms with Gasteiger partial charge in [-0.25, -0.2) is 4.98 Å². The molecule has 0 unspecified atom stereocenters. The second-order valence-corrected chi connectivity index (χ2v) is 5.17. The Labute approximate surface area is 86.5 Å². The van der Waals surface area contributed by atoms with Gasteiger partial charge in [0.2, 0.25) is 5.95 Å². The van der Waals surface area contributed by atoms with Gasteiger partial charge in [-0.3, -0.25) is 0 Å². The molecule has 1 rings (SSSR count). The molecule has 0 spiro atoms. The number of hydrogen-bond acceptors (Lipinski definition) is 2. The van der Waals surface area contributed by atoms with Crippen molar-refractivity contribution in [1.82, 2.24) is 9.55 Å². The highest BCUT2D eigenvalue weighted by molar-refractivity contribution is 5.26. The maximum Gasteiger partial charge on any atom is 0.203 e. The van der Waals surface area contributed by atoms with Crippen molar-refractivity contribution < 1.29 is 0 Å². The lowest BCUT2D eigenvalue weighted by molar-refractivity contribution is 0.439. The average molecular weight is 195 g/mol. The molecule has 1 N–H and O–H groups in total. The van der Waals surface area contributed by atoms with Gasteiger partial charge >= 0.3 is 0 Å². The maximum absolute atomic E-state index is 4.29. The normalized spacial score (nSPS) is 12.1. The van der Waals surface area contributed by atoms with Gasteiger partial charge < -0.3 is 9.88 Å². The quantitative estimate of drug-likeness (QED) is 0.803. The molecule has 3 nitrogen and oxygen atoms in total. The number of anilines is 1. The molecule has 1 heterocycles. The van der Waals surface area contributed by atoms with Crippen molar-refractivity contribution in [1.29, 1.82) is 0 Å². The molecule has 3 heteroatoms. The van der Waals surface area contributed by atoms with Crippen LogP contribution in [0.5, 0.6) is 0 Å². The minimum atomic E-state index is 0.285. The first-order valence-corrected chi connectivity index (χ1v) is 5.17. The van der Waals surface area contributed by atoms with Crippen LogP contribution in [0.4, 0.5) is 5.95 Å². The SMILES string of the molecule is CC(C)n1ccnc1NCC(C)(C)C. The van der Waals surface area contributed by atoms with Crippen LogP contribution in [0, 0.1) is 5.41 Å². The molecule has 0 amide bonds. The summed E-state index contributed by atoms with van der Waals surface area (Å²) in [4.78, 5) is 4.29. The molecule has 0 aromatic carbocycles. The van der Waals surface area contributed by atoms with Crippen LogP contribution in [0.25, 0.3) is 0 Å². The fourth-order valence-corrected chi connectivity index (χ4v) is 1.21. The third-order valence-electron chi connectivity index (χ3n) is 2.00. The van der Waals surface area contributed by atoms with Gasteiger partial charge in [0.25, 0.3) is 0 Å². The lowest BCUT2D eigenvalue weighted by Crippen LogP contribution is -2.21. The van der Waals surface area contributed by atoms with Gasteiger partial charge in [0.15, 0.2) is 0 Å². The number of hydrogen-bond donors (Lipinski definition) is 1. The molecular formula is C11H21N3. The van der Waals surface area contributed by atoms with Crippen LogP contribution < -0.4 is 5.32 Å². The summed E-state index contributed by atoms with van der Waals surface area (Å²) in [5, 5.41) is 3.37. The maximum atomic E-state index is 4.29. The first-order valence-electron chi connectivity index (χ1n) is 5.17. The fraction of sp³-hybridized carbons (Fsp3) is 0.727. The Morgan fingerprint density at radius 3 is 2.57 bits per heavy atom. The summed E-state index contributed by atoms with van der Waals surface area (Å²) in [5.74, 6) is 0.968. The summed E-state index contributed by atoms with van der Waals surface area (Å²) in [6, 6.07) is 0.458. The first kappa shape index (κ1) is 11.1. The molecule has 0 radical (unpaired) electrons. The second-order valence-electron chi connectivity index (χ2n) is 5.17. The van der Waals surface area contributed by atoms with E-state index in [1.165, 1.54) is 0 Å². The van der Waals surface area contributed by atoms with Crippen LogP contribution in [-0.2, 0) is 0 Å². The molecule has 1 aromatic heterocycles. The molecule has 0 aliphatic heterocycles. The fourth-order valence-electron chi connectivity index (χ4n) is 1.21. The summed E-state index contributed by atoms with van der Waals surface area (Å²) in [5.41, 5.74) is 0.285. The van der Waals surface area contributed by atoms with E-state index < -0.39 is 0 Å². The summed E-state index contributed by atoms with van der Waals surface area (Å²) in [6.45, 7) is 11.9. The topological polar surface area (TPSA) is 29.9 Å². The molecule has 0 fully saturated rings. The van der Waals surface area contributed by atoms with Crippen molar-refractivity contribution in [3.8, 4) is 0 Å². The van der Waals surface area contributed by atoms with E-state index in [4.69, 9.17) is 0 Å². The number of imidazole rings is 1. The Morgan fingerprint density at radius 1 is 1.43 bits per heavy atom. The molecule has 0 saturated heterocycles. The van der Waals surface area contributed by atoms with E-state index in [1.54, 1.807) is 0 Å². The van der Waals surface area contributed by atoms with Crippen LogP contribution in [0.2, 0.25) is 0 Å². The zero-order chi connectivity index (χ0) is 10.8. The van der Waals surface area contributed by atoms with E-state index in [0.29, 0.717) is 6.04 Å². The average Bonchev–Trinajstić information content (AvgIpc) is 2.46. The Morgan fingerprint density at radius 2 is 2.07 bits per heavy atom. The van der Waals surface area contributed by atoms with Gasteiger partial charge in [0.1, 0.15) is 0 Å². The van der Waals surface area contributed by atoms with Gasteiger partial charge in [-0.2, -0.15) is 0 Å². The third kappa shape index (κ3) is 3.05. The first-order chi connectivity index (χ1) is 6.40.